The van der Waals surface area contributed by atoms with Gasteiger partial charge in [-0.1, -0.05) is 12.1 Å². The van der Waals surface area contributed by atoms with Gasteiger partial charge in [0.05, 0.1) is 7.11 Å². The lowest BCUT2D eigenvalue weighted by Gasteiger charge is -2.14. The first kappa shape index (κ1) is 14.2. The summed E-state index contributed by atoms with van der Waals surface area (Å²) in [5, 5.41) is 9.80. The Morgan fingerprint density at radius 1 is 1.28 bits per heavy atom. The number of carbonyl (C=O) groups is 1. The zero-order chi connectivity index (χ0) is 13.5. The van der Waals surface area contributed by atoms with Crippen molar-refractivity contribution in [1.29, 1.82) is 0 Å². The third-order valence-corrected chi connectivity index (χ3v) is 2.35. The van der Waals surface area contributed by atoms with Gasteiger partial charge in [-0.15, -0.1) is 0 Å². The summed E-state index contributed by atoms with van der Waals surface area (Å²) in [4.78, 5) is 10.9. The third-order valence-electron chi connectivity index (χ3n) is 2.35. The van der Waals surface area contributed by atoms with Crippen molar-refractivity contribution in [2.24, 2.45) is 0 Å². The van der Waals surface area contributed by atoms with Crippen molar-refractivity contribution in [3.8, 4) is 5.75 Å². The van der Waals surface area contributed by atoms with Crippen molar-refractivity contribution in [2.45, 2.75) is 6.29 Å². The van der Waals surface area contributed by atoms with Crippen LogP contribution in [0.1, 0.15) is 17.4 Å². The fraction of sp³-hybridized carbons (Fsp3) is 0.308. The van der Waals surface area contributed by atoms with Crippen LogP contribution in [0.3, 0.4) is 0 Å². The van der Waals surface area contributed by atoms with Crippen molar-refractivity contribution in [3.05, 3.63) is 35.4 Å². The molecule has 0 aliphatic heterocycles. The summed E-state index contributed by atoms with van der Waals surface area (Å²) in [6, 6.07) is 4.93. The van der Waals surface area contributed by atoms with E-state index >= 15 is 0 Å². The molecule has 0 aromatic heterocycles. The first-order chi connectivity index (χ1) is 8.62. The second kappa shape index (κ2) is 6.78. The number of ether oxygens (including phenoxy) is 3. The quantitative estimate of drug-likeness (QED) is 0.492. The van der Waals surface area contributed by atoms with Crippen LogP contribution in [0.25, 0.3) is 6.08 Å². The fourth-order valence-electron chi connectivity index (χ4n) is 1.44. The van der Waals surface area contributed by atoms with Crippen LogP contribution in [0.15, 0.2) is 24.3 Å². The fourth-order valence-corrected chi connectivity index (χ4v) is 1.44. The topological polar surface area (TPSA) is 65.0 Å². The van der Waals surface area contributed by atoms with Gasteiger partial charge in [0.15, 0.2) is 6.29 Å². The maximum atomic E-state index is 10.9. The summed E-state index contributed by atoms with van der Waals surface area (Å²) in [7, 11) is 4.31. The highest BCUT2D eigenvalue weighted by Gasteiger charge is 2.10. The average Bonchev–Trinajstić information content (AvgIpc) is 2.38. The van der Waals surface area contributed by atoms with E-state index in [4.69, 9.17) is 9.47 Å². The Morgan fingerprint density at radius 2 is 1.94 bits per heavy atom. The molecule has 0 saturated carbocycles. The second-order valence-corrected chi connectivity index (χ2v) is 3.48. The van der Waals surface area contributed by atoms with Gasteiger partial charge >= 0.3 is 5.97 Å². The van der Waals surface area contributed by atoms with E-state index in [0.29, 0.717) is 11.1 Å². The van der Waals surface area contributed by atoms with Crippen LogP contribution < -0.4 is 0 Å². The van der Waals surface area contributed by atoms with E-state index in [-0.39, 0.29) is 5.75 Å². The average molecular weight is 252 g/mol. The molecular weight excluding hydrogens is 236 g/mol. The van der Waals surface area contributed by atoms with Crippen molar-refractivity contribution in [2.75, 3.05) is 21.3 Å². The summed E-state index contributed by atoms with van der Waals surface area (Å²) >= 11 is 0. The maximum absolute atomic E-state index is 10.9. The largest absolute Gasteiger partial charge is 0.507 e. The maximum Gasteiger partial charge on any atom is 0.330 e. The Morgan fingerprint density at radius 3 is 2.44 bits per heavy atom. The molecule has 0 spiro atoms. The van der Waals surface area contributed by atoms with Gasteiger partial charge in [-0.05, 0) is 12.1 Å². The molecule has 0 amide bonds. The van der Waals surface area contributed by atoms with E-state index in [2.05, 4.69) is 4.74 Å². The Balaban J connectivity index is 2.92. The van der Waals surface area contributed by atoms with Crippen molar-refractivity contribution in [1.82, 2.24) is 0 Å². The second-order valence-electron chi connectivity index (χ2n) is 3.48. The molecule has 0 unspecified atom stereocenters. The molecule has 1 aromatic carbocycles. The summed E-state index contributed by atoms with van der Waals surface area (Å²) in [5.74, 6) is -0.447. The Bertz CT molecular complexity index is 435. The van der Waals surface area contributed by atoms with E-state index < -0.39 is 12.3 Å². The van der Waals surface area contributed by atoms with Crippen LogP contribution in [-0.2, 0) is 19.0 Å². The molecular formula is C13H16O5. The molecule has 0 heterocycles. The third kappa shape index (κ3) is 3.58. The molecule has 5 nitrogen and oxygen atoms in total. The van der Waals surface area contributed by atoms with E-state index in [1.54, 1.807) is 12.1 Å². The molecule has 1 rings (SSSR count). The minimum absolute atomic E-state index is 0.0340. The first-order valence-corrected chi connectivity index (χ1v) is 5.27. The van der Waals surface area contributed by atoms with Gasteiger partial charge in [0.2, 0.25) is 0 Å². The number of benzene rings is 1. The van der Waals surface area contributed by atoms with Crippen LogP contribution in [-0.4, -0.2) is 32.4 Å². The van der Waals surface area contributed by atoms with E-state index in [1.807, 2.05) is 0 Å². The van der Waals surface area contributed by atoms with Gasteiger partial charge in [-0.3, -0.25) is 0 Å². The van der Waals surface area contributed by atoms with E-state index in [9.17, 15) is 9.90 Å². The Labute approximate surface area is 106 Å². The number of aromatic hydroxyl groups is 1. The van der Waals surface area contributed by atoms with Crippen molar-refractivity contribution < 1.29 is 24.1 Å². The zero-order valence-electron chi connectivity index (χ0n) is 10.5. The molecule has 0 aliphatic carbocycles. The monoisotopic (exact) mass is 252 g/mol. The van der Waals surface area contributed by atoms with Gasteiger partial charge in [-0.2, -0.15) is 0 Å². The standard InChI is InChI=1S/C13H16O5/c1-16-12(15)7-6-9-4-5-10(8-11(9)14)13(17-2)18-3/h4-8,13-14H,1-3H3. The molecule has 1 aromatic rings. The molecule has 0 atom stereocenters. The van der Waals surface area contributed by atoms with Crippen molar-refractivity contribution in [3.63, 3.8) is 0 Å². The highest BCUT2D eigenvalue weighted by molar-refractivity contribution is 5.87. The number of esters is 1. The van der Waals surface area contributed by atoms with Gasteiger partial charge in [-0.25, -0.2) is 4.79 Å². The number of hydrogen-bond acceptors (Lipinski definition) is 5. The highest BCUT2D eigenvalue weighted by Crippen LogP contribution is 2.25. The van der Waals surface area contributed by atoms with Crippen molar-refractivity contribution >= 4 is 12.0 Å². The smallest absolute Gasteiger partial charge is 0.330 e. The zero-order valence-corrected chi connectivity index (χ0v) is 10.5. The summed E-state index contributed by atoms with van der Waals surface area (Å²) < 4.78 is 14.6. The van der Waals surface area contributed by atoms with Crippen LogP contribution >= 0.6 is 0 Å². The molecule has 18 heavy (non-hydrogen) atoms. The number of phenols is 1. The minimum Gasteiger partial charge on any atom is -0.507 e. The van der Waals surface area contributed by atoms with Crippen LogP contribution in [0.5, 0.6) is 5.75 Å². The Kier molecular flexibility index (Phi) is 5.35. The van der Waals surface area contributed by atoms with E-state index in [1.165, 1.54) is 39.5 Å². The number of carbonyl (C=O) groups excluding carboxylic acids is 1. The molecule has 0 saturated heterocycles. The summed E-state index contributed by atoms with van der Waals surface area (Å²) in [5.41, 5.74) is 1.20. The van der Waals surface area contributed by atoms with Gasteiger partial charge in [0.1, 0.15) is 5.75 Å². The van der Waals surface area contributed by atoms with Crippen LogP contribution in [0.4, 0.5) is 0 Å². The number of phenolic OH excluding ortho intramolecular Hbond substituents is 1. The normalized spacial score (nSPS) is 11.1. The molecule has 0 bridgehead atoms. The van der Waals surface area contributed by atoms with E-state index in [0.717, 1.165) is 0 Å². The summed E-state index contributed by atoms with van der Waals surface area (Å²) in [6.45, 7) is 0. The van der Waals surface area contributed by atoms with Crippen LogP contribution in [0, 0.1) is 0 Å². The molecule has 1 N–H and O–H groups in total. The Hall–Kier alpha value is -1.85. The molecule has 5 heteroatoms. The minimum atomic E-state index is -0.533. The van der Waals surface area contributed by atoms with Gasteiger partial charge in [0.25, 0.3) is 0 Å². The van der Waals surface area contributed by atoms with Gasteiger partial charge in [0, 0.05) is 31.4 Å². The van der Waals surface area contributed by atoms with Crippen LogP contribution in [0.2, 0.25) is 0 Å². The number of methoxy groups -OCH3 is 3. The highest BCUT2D eigenvalue weighted by atomic mass is 16.7. The number of rotatable bonds is 5. The first-order valence-electron chi connectivity index (χ1n) is 5.27. The predicted octanol–water partition coefficient (Wildman–Crippen LogP) is 1.87. The predicted molar refractivity (Wildman–Crippen MR) is 65.9 cm³/mol. The van der Waals surface area contributed by atoms with Gasteiger partial charge < -0.3 is 19.3 Å². The lowest BCUT2D eigenvalue weighted by Crippen LogP contribution is -2.03. The number of hydrogen-bond donors (Lipinski definition) is 1. The SMILES string of the molecule is COC(=O)C=Cc1ccc(C(OC)OC)cc1O. The lowest BCUT2D eigenvalue weighted by molar-refractivity contribution is -0.134. The molecule has 0 aliphatic rings. The molecule has 0 radical (unpaired) electrons. The molecule has 98 valence electrons. The lowest BCUT2D eigenvalue weighted by atomic mass is 10.1. The molecule has 0 fully saturated rings. The summed E-state index contributed by atoms with van der Waals surface area (Å²) in [6.07, 6.45) is 2.17.